The van der Waals surface area contributed by atoms with Gasteiger partial charge in [0.15, 0.2) is 0 Å². The van der Waals surface area contributed by atoms with E-state index in [1.807, 2.05) is 6.08 Å². The molecule has 0 atom stereocenters. The zero-order valence-corrected chi connectivity index (χ0v) is 12.3. The number of aryl methyl sites for hydroxylation is 1. The van der Waals surface area contributed by atoms with Crippen LogP contribution in [-0.4, -0.2) is 14.1 Å². The zero-order valence-electron chi connectivity index (χ0n) is 9.59. The van der Waals surface area contributed by atoms with Crippen LogP contribution >= 0.6 is 15.9 Å². The van der Waals surface area contributed by atoms with Crippen LogP contribution in [0.25, 0.3) is 0 Å². The summed E-state index contributed by atoms with van der Waals surface area (Å²) in [5.74, 6) is 0. The minimum absolute atomic E-state index is 0.708. The van der Waals surface area contributed by atoms with Gasteiger partial charge >= 0.3 is 0 Å². The van der Waals surface area contributed by atoms with Crippen LogP contribution in [0.5, 0.6) is 0 Å². The zero-order chi connectivity index (χ0) is 11.3. The van der Waals surface area contributed by atoms with Crippen LogP contribution in [0.15, 0.2) is 30.9 Å². The molecular formula is C13H19BrSi. The fourth-order valence-corrected chi connectivity index (χ4v) is 3.76. The van der Waals surface area contributed by atoms with Gasteiger partial charge in [0.25, 0.3) is 0 Å². The third-order valence-electron chi connectivity index (χ3n) is 2.58. The summed E-state index contributed by atoms with van der Waals surface area (Å²) in [6, 6.07) is 6.92. The molecular weight excluding hydrogens is 264 g/mol. The minimum Gasteiger partial charge on any atom is -0.103 e. The molecule has 0 fully saturated rings. The van der Waals surface area contributed by atoms with Gasteiger partial charge in [0, 0.05) is 5.33 Å². The number of hydrogen-bond donors (Lipinski definition) is 0. The van der Waals surface area contributed by atoms with Crippen molar-refractivity contribution in [2.75, 3.05) is 5.33 Å². The Kier molecular flexibility index (Phi) is 5.33. The molecule has 0 aliphatic carbocycles. The average molecular weight is 283 g/mol. The highest BCUT2D eigenvalue weighted by Gasteiger charge is 2.07. The van der Waals surface area contributed by atoms with Crippen molar-refractivity contribution >= 4 is 29.9 Å². The van der Waals surface area contributed by atoms with Gasteiger partial charge in [-0.25, -0.2) is 0 Å². The second-order valence-electron chi connectivity index (χ2n) is 4.12. The first-order valence-electron chi connectivity index (χ1n) is 5.47. The van der Waals surface area contributed by atoms with Crippen LogP contribution in [0, 0.1) is 0 Å². The van der Waals surface area contributed by atoms with Crippen LogP contribution < -0.4 is 5.19 Å². The summed E-state index contributed by atoms with van der Waals surface area (Å²) in [7, 11) is -0.708. The highest BCUT2D eigenvalue weighted by Crippen LogP contribution is 2.07. The number of benzene rings is 1. The molecule has 0 nitrogen and oxygen atoms in total. The molecule has 1 rings (SSSR count). The molecule has 0 radical (unpaired) electrons. The predicted molar refractivity (Wildman–Crippen MR) is 76.4 cm³/mol. The fraction of sp³-hybridized carbons (Fsp3) is 0.385. The van der Waals surface area contributed by atoms with E-state index in [2.05, 4.69) is 53.8 Å². The van der Waals surface area contributed by atoms with Crippen LogP contribution in [-0.2, 0) is 12.8 Å². The second kappa shape index (κ2) is 6.29. The maximum absolute atomic E-state index is 3.79. The Morgan fingerprint density at radius 2 is 2.13 bits per heavy atom. The van der Waals surface area contributed by atoms with Crippen LogP contribution in [0.1, 0.15) is 11.1 Å². The highest BCUT2D eigenvalue weighted by molar-refractivity contribution is 9.09. The molecule has 1 aromatic carbocycles. The second-order valence-corrected chi connectivity index (χ2v) is 7.84. The first-order valence-corrected chi connectivity index (χ1v) is 9.48. The summed E-state index contributed by atoms with van der Waals surface area (Å²) >= 11 is 3.52. The van der Waals surface area contributed by atoms with Crippen molar-refractivity contribution in [2.45, 2.75) is 25.9 Å². The largest absolute Gasteiger partial charge is 0.103 e. The van der Waals surface area contributed by atoms with Crippen molar-refractivity contribution in [1.29, 1.82) is 0 Å². The summed E-state index contributed by atoms with van der Waals surface area (Å²) in [6.07, 6.45) is 4.11. The Hall–Kier alpha value is -0.343. The first kappa shape index (κ1) is 12.7. The molecule has 0 aromatic heterocycles. The number of alkyl halides is 1. The Morgan fingerprint density at radius 3 is 2.67 bits per heavy atom. The quantitative estimate of drug-likeness (QED) is 0.442. The van der Waals surface area contributed by atoms with Crippen molar-refractivity contribution in [3.63, 3.8) is 0 Å². The van der Waals surface area contributed by atoms with E-state index in [0.29, 0.717) is 0 Å². The molecule has 0 N–H and O–H groups in total. The summed E-state index contributed by atoms with van der Waals surface area (Å²) in [6.45, 7) is 8.58. The summed E-state index contributed by atoms with van der Waals surface area (Å²) in [5.41, 5.74) is 2.93. The Labute approximate surface area is 103 Å². The van der Waals surface area contributed by atoms with Gasteiger partial charge in [-0.1, -0.05) is 58.5 Å². The van der Waals surface area contributed by atoms with E-state index in [-0.39, 0.29) is 0 Å². The van der Waals surface area contributed by atoms with Crippen LogP contribution in [0.3, 0.4) is 0 Å². The lowest BCUT2D eigenvalue weighted by atomic mass is 10.1. The third-order valence-corrected chi connectivity index (χ3v) is 4.75. The van der Waals surface area contributed by atoms with Crippen molar-refractivity contribution in [1.82, 2.24) is 0 Å². The lowest BCUT2D eigenvalue weighted by Crippen LogP contribution is -2.27. The number of allylic oxidation sites excluding steroid dienone is 1. The lowest BCUT2D eigenvalue weighted by Gasteiger charge is -2.12. The van der Waals surface area contributed by atoms with Crippen molar-refractivity contribution < 1.29 is 0 Å². The van der Waals surface area contributed by atoms with E-state index in [1.165, 1.54) is 11.1 Å². The number of rotatable bonds is 5. The van der Waals surface area contributed by atoms with Gasteiger partial charge in [-0.15, -0.1) is 6.58 Å². The minimum atomic E-state index is -0.708. The molecule has 0 bridgehead atoms. The standard InChI is InChI=1S/C13H19BrSi/c1-4-5-11-6-7-12(8-9-14)13(10-11)15(2)3/h4,6-7,10,15H,1,5,8-9H2,2-3H3. The normalized spacial score (nSPS) is 10.7. The van der Waals surface area contributed by atoms with Gasteiger partial charge in [-0.2, -0.15) is 0 Å². The molecule has 0 unspecified atom stereocenters. The maximum atomic E-state index is 3.79. The fourth-order valence-electron chi connectivity index (χ4n) is 1.80. The Morgan fingerprint density at radius 1 is 1.40 bits per heavy atom. The molecule has 1 aromatic rings. The molecule has 2 heteroatoms. The molecule has 0 aliphatic rings. The predicted octanol–water partition coefficient (Wildman–Crippen LogP) is 3.05. The van der Waals surface area contributed by atoms with Gasteiger partial charge in [-0.05, 0) is 24.0 Å². The Balaban J connectivity index is 3.02. The smallest absolute Gasteiger partial charge is 0.0651 e. The van der Waals surface area contributed by atoms with Crippen molar-refractivity contribution in [3.05, 3.63) is 42.0 Å². The molecule has 82 valence electrons. The van der Waals surface area contributed by atoms with Gasteiger partial charge < -0.3 is 0 Å². The van der Waals surface area contributed by atoms with Gasteiger partial charge in [0.2, 0.25) is 0 Å². The molecule has 0 spiro atoms. The van der Waals surface area contributed by atoms with Crippen molar-refractivity contribution in [3.8, 4) is 0 Å². The summed E-state index contributed by atoms with van der Waals surface area (Å²) in [4.78, 5) is 0. The molecule has 0 aliphatic heterocycles. The number of halogens is 1. The molecule has 0 saturated heterocycles. The molecule has 0 amide bonds. The first-order chi connectivity index (χ1) is 7.19. The van der Waals surface area contributed by atoms with E-state index in [0.717, 1.165) is 18.2 Å². The van der Waals surface area contributed by atoms with E-state index in [1.54, 1.807) is 5.19 Å². The number of hydrogen-bond acceptors (Lipinski definition) is 0. The topological polar surface area (TPSA) is 0 Å². The summed E-state index contributed by atoms with van der Waals surface area (Å²) < 4.78 is 0. The summed E-state index contributed by atoms with van der Waals surface area (Å²) in [5, 5.41) is 2.68. The average Bonchev–Trinajstić information content (AvgIpc) is 2.21. The van der Waals surface area contributed by atoms with E-state index >= 15 is 0 Å². The monoisotopic (exact) mass is 282 g/mol. The van der Waals surface area contributed by atoms with Crippen molar-refractivity contribution in [2.24, 2.45) is 0 Å². The Bertz CT molecular complexity index is 331. The molecule has 0 saturated carbocycles. The van der Waals surface area contributed by atoms with E-state index in [9.17, 15) is 0 Å². The molecule has 15 heavy (non-hydrogen) atoms. The highest BCUT2D eigenvalue weighted by atomic mass is 79.9. The van der Waals surface area contributed by atoms with Gasteiger partial charge in [0.05, 0.1) is 8.80 Å². The maximum Gasteiger partial charge on any atom is 0.0651 e. The third kappa shape index (κ3) is 3.62. The SMILES string of the molecule is C=CCc1ccc(CCBr)c([SiH](C)C)c1. The molecule has 0 heterocycles. The van der Waals surface area contributed by atoms with Crippen LogP contribution in [0.4, 0.5) is 0 Å². The lowest BCUT2D eigenvalue weighted by molar-refractivity contribution is 1.17. The van der Waals surface area contributed by atoms with Gasteiger partial charge in [0.1, 0.15) is 0 Å². The van der Waals surface area contributed by atoms with Crippen LogP contribution in [0.2, 0.25) is 13.1 Å². The van der Waals surface area contributed by atoms with E-state index in [4.69, 9.17) is 0 Å². The van der Waals surface area contributed by atoms with E-state index < -0.39 is 8.80 Å². The van der Waals surface area contributed by atoms with Gasteiger partial charge in [-0.3, -0.25) is 0 Å².